The average molecular weight is 210 g/mol. The van der Waals surface area contributed by atoms with Crippen molar-refractivity contribution < 1.29 is 39.1 Å². The Morgan fingerprint density at radius 3 is 2.85 bits per heavy atom. The van der Waals surface area contributed by atoms with Crippen LogP contribution in [0.4, 0.5) is 0 Å². The van der Waals surface area contributed by atoms with Gasteiger partial charge in [0.2, 0.25) is 0 Å². The molecule has 1 heterocycles. The second-order valence-electron chi connectivity index (χ2n) is 1.99. The monoisotopic (exact) mass is 209 g/mol. The van der Waals surface area contributed by atoms with Crippen molar-refractivity contribution in [1.82, 2.24) is 4.98 Å². The number of esters is 1. The van der Waals surface area contributed by atoms with Crippen LogP contribution in [0.25, 0.3) is 0 Å². The molecular weight excluding hydrogens is 205 g/mol. The van der Waals surface area contributed by atoms with E-state index in [4.69, 9.17) is 11.6 Å². The average Bonchev–Trinajstić information content (AvgIpc) is 2.08. The van der Waals surface area contributed by atoms with Gasteiger partial charge < -0.3 is 19.3 Å². The van der Waals surface area contributed by atoms with Crippen molar-refractivity contribution >= 4 is 17.6 Å². The van der Waals surface area contributed by atoms with Gasteiger partial charge in [0.1, 0.15) is 5.43 Å². The zero-order valence-electron chi connectivity index (χ0n) is 7.20. The van der Waals surface area contributed by atoms with E-state index in [0.29, 0.717) is 0 Å². The number of hydrogen-bond donors (Lipinski definition) is 0. The molecule has 0 saturated heterocycles. The standard InChI is InChI=1S/C7H5ClNO3.Na/c1-12-7(11)4-2-9-3-5(10)6(4)8;/h2-3H,1H3;/q-1;+1. The Bertz CT molecular complexity index is 363. The predicted molar refractivity (Wildman–Crippen MR) is 42.4 cm³/mol. The fourth-order valence-corrected chi connectivity index (χ4v) is 0.853. The second-order valence-corrected chi connectivity index (χ2v) is 2.37. The van der Waals surface area contributed by atoms with E-state index in [1.54, 1.807) is 0 Å². The maximum absolute atomic E-state index is 10.9. The van der Waals surface area contributed by atoms with Crippen molar-refractivity contribution in [2.75, 3.05) is 7.11 Å². The Morgan fingerprint density at radius 1 is 1.69 bits per heavy atom. The Morgan fingerprint density at radius 2 is 2.31 bits per heavy atom. The second kappa shape index (κ2) is 5.44. The fraction of sp³-hybridized carbons (Fsp3) is 0.143. The van der Waals surface area contributed by atoms with Crippen LogP contribution in [-0.4, -0.2) is 18.1 Å². The molecule has 1 aromatic rings. The predicted octanol–water partition coefficient (Wildman–Crippen LogP) is -2.40. The van der Waals surface area contributed by atoms with E-state index in [2.05, 4.69) is 9.72 Å². The number of carbonyl (C=O) groups excluding carboxylic acids is 1. The Hall–Kier alpha value is -0.290. The van der Waals surface area contributed by atoms with E-state index in [1.165, 1.54) is 13.3 Å². The molecule has 0 aliphatic heterocycles. The largest absolute Gasteiger partial charge is 1.00 e. The van der Waals surface area contributed by atoms with Gasteiger partial charge in [0, 0.05) is 5.02 Å². The van der Waals surface area contributed by atoms with Crippen molar-refractivity contribution in [2.45, 2.75) is 0 Å². The SMILES string of the molecule is COC(=O)c1[cH-]ncc(=O)c1Cl.[Na+]. The molecular formula is C7H5ClNNaO3. The third kappa shape index (κ3) is 2.84. The van der Waals surface area contributed by atoms with Crippen molar-refractivity contribution in [3.05, 3.63) is 33.2 Å². The van der Waals surface area contributed by atoms with E-state index in [0.717, 1.165) is 6.20 Å². The summed E-state index contributed by atoms with van der Waals surface area (Å²) in [5.41, 5.74) is -0.494. The molecule has 0 aliphatic rings. The Kier molecular flexibility index (Phi) is 5.32. The molecule has 0 atom stereocenters. The molecule has 0 unspecified atom stereocenters. The number of aromatic nitrogens is 1. The summed E-state index contributed by atoms with van der Waals surface area (Å²) < 4.78 is 4.37. The van der Waals surface area contributed by atoms with Gasteiger partial charge in [-0.3, -0.25) is 0 Å². The van der Waals surface area contributed by atoms with Gasteiger partial charge in [-0.15, -0.1) is 11.6 Å². The number of nitrogens with zero attached hydrogens (tertiary/aromatic N) is 1. The van der Waals surface area contributed by atoms with Crippen LogP contribution >= 0.6 is 11.6 Å². The van der Waals surface area contributed by atoms with Crippen LogP contribution in [0.1, 0.15) is 10.4 Å². The first-order valence-corrected chi connectivity index (χ1v) is 3.43. The zero-order chi connectivity index (χ0) is 9.14. The summed E-state index contributed by atoms with van der Waals surface area (Å²) in [6.45, 7) is 0. The number of halogens is 1. The summed E-state index contributed by atoms with van der Waals surface area (Å²) in [6.07, 6.45) is 2.23. The molecule has 0 radical (unpaired) electrons. The molecule has 4 nitrogen and oxygen atoms in total. The van der Waals surface area contributed by atoms with Gasteiger partial charge in [0.05, 0.1) is 7.11 Å². The maximum atomic E-state index is 10.9. The minimum absolute atomic E-state index is 0. The minimum Gasteiger partial charge on any atom is -0.508 e. The summed E-state index contributed by atoms with van der Waals surface area (Å²) >= 11 is 5.51. The van der Waals surface area contributed by atoms with Crippen LogP contribution in [-0.2, 0) is 4.74 Å². The van der Waals surface area contributed by atoms with Gasteiger partial charge in [0.25, 0.3) is 5.97 Å². The summed E-state index contributed by atoms with van der Waals surface area (Å²) in [6, 6.07) is 0. The van der Waals surface area contributed by atoms with E-state index < -0.39 is 11.4 Å². The zero-order valence-corrected chi connectivity index (χ0v) is 9.96. The van der Waals surface area contributed by atoms with E-state index >= 15 is 0 Å². The molecule has 0 saturated carbocycles. The minimum atomic E-state index is -0.662. The molecule has 6 heteroatoms. The van der Waals surface area contributed by atoms with Crippen molar-refractivity contribution in [1.29, 1.82) is 0 Å². The molecule has 0 bridgehead atoms. The van der Waals surface area contributed by atoms with Gasteiger partial charge in [-0.1, -0.05) is 6.20 Å². The van der Waals surface area contributed by atoms with Gasteiger partial charge >= 0.3 is 29.6 Å². The number of rotatable bonds is 1. The van der Waals surface area contributed by atoms with Gasteiger partial charge in [-0.2, -0.15) is 0 Å². The van der Waals surface area contributed by atoms with Crippen molar-refractivity contribution in [2.24, 2.45) is 0 Å². The molecule has 0 N–H and O–H groups in total. The van der Waals surface area contributed by atoms with Crippen LogP contribution < -0.4 is 35.0 Å². The van der Waals surface area contributed by atoms with Crippen LogP contribution in [0, 0.1) is 0 Å². The maximum Gasteiger partial charge on any atom is 1.00 e. The normalized spacial score (nSPS) is 8.77. The molecule has 0 spiro atoms. The van der Waals surface area contributed by atoms with E-state index in [9.17, 15) is 9.59 Å². The number of carbonyl (C=O) groups is 1. The van der Waals surface area contributed by atoms with Crippen LogP contribution in [0.2, 0.25) is 5.02 Å². The first kappa shape index (κ1) is 12.7. The number of hydrogen-bond acceptors (Lipinski definition) is 4. The van der Waals surface area contributed by atoms with E-state index in [1.807, 2.05) is 0 Å². The topological polar surface area (TPSA) is 56.3 Å². The third-order valence-electron chi connectivity index (χ3n) is 1.25. The Balaban J connectivity index is 0.00000144. The summed E-state index contributed by atoms with van der Waals surface area (Å²) in [5, 5.41) is -0.156. The number of pyridine rings is 1. The molecule has 1 aromatic heterocycles. The molecule has 64 valence electrons. The summed E-state index contributed by atoms with van der Waals surface area (Å²) in [7, 11) is 1.20. The summed E-state index contributed by atoms with van der Waals surface area (Å²) in [5.74, 6) is -0.662. The Labute approximate surface area is 102 Å². The number of ether oxygens (including phenoxy) is 1. The van der Waals surface area contributed by atoms with Crippen LogP contribution in [0.15, 0.2) is 17.2 Å². The molecule has 0 amide bonds. The van der Waals surface area contributed by atoms with Crippen molar-refractivity contribution in [3.63, 3.8) is 0 Å². The van der Waals surface area contributed by atoms with Gasteiger partial charge in [0.15, 0.2) is 0 Å². The fourth-order valence-electron chi connectivity index (χ4n) is 0.678. The van der Waals surface area contributed by atoms with Crippen LogP contribution in [0.3, 0.4) is 0 Å². The smallest absolute Gasteiger partial charge is 0.508 e. The molecule has 1 rings (SSSR count). The first-order chi connectivity index (χ1) is 5.66. The molecule has 0 fully saturated rings. The first-order valence-electron chi connectivity index (χ1n) is 3.05. The molecule has 13 heavy (non-hydrogen) atoms. The van der Waals surface area contributed by atoms with Gasteiger partial charge in [-0.25, -0.2) is 0 Å². The number of methoxy groups -OCH3 is 1. The quantitative estimate of drug-likeness (QED) is 0.294. The molecule has 0 aromatic carbocycles. The summed E-state index contributed by atoms with van der Waals surface area (Å²) in [4.78, 5) is 25.3. The van der Waals surface area contributed by atoms with E-state index in [-0.39, 0.29) is 40.1 Å². The third-order valence-corrected chi connectivity index (χ3v) is 1.64. The van der Waals surface area contributed by atoms with Crippen molar-refractivity contribution in [3.8, 4) is 0 Å². The van der Waals surface area contributed by atoms with Crippen LogP contribution in [0.5, 0.6) is 0 Å². The van der Waals surface area contributed by atoms with Gasteiger partial charge in [-0.05, 0) is 11.8 Å². The molecule has 0 aliphatic carbocycles.